The van der Waals surface area contributed by atoms with E-state index in [9.17, 15) is 29.1 Å². The molecule has 4 atom stereocenters. The van der Waals surface area contributed by atoms with E-state index in [1.165, 1.54) is 0 Å². The van der Waals surface area contributed by atoms with Crippen molar-refractivity contribution in [1.82, 2.24) is 16.0 Å². The zero-order valence-corrected chi connectivity index (χ0v) is 19.3. The summed E-state index contributed by atoms with van der Waals surface area (Å²) in [6.07, 6.45) is 0.917. The number of hydrogen-bond donors (Lipinski definition) is 8. The number of carboxylic acids is 2. The van der Waals surface area contributed by atoms with E-state index in [-0.39, 0.29) is 24.5 Å². The second-order valence-electron chi connectivity index (χ2n) is 7.82. The summed E-state index contributed by atoms with van der Waals surface area (Å²) >= 11 is 4.02. The van der Waals surface area contributed by atoms with Gasteiger partial charge in [-0.15, -0.1) is 0 Å². The predicted molar refractivity (Wildman–Crippen MR) is 120 cm³/mol. The van der Waals surface area contributed by atoms with E-state index in [2.05, 4.69) is 28.6 Å². The fraction of sp³-hybridized carbons (Fsp3) is 0.737. The van der Waals surface area contributed by atoms with E-state index in [1.807, 2.05) is 13.8 Å². The van der Waals surface area contributed by atoms with E-state index < -0.39 is 60.2 Å². The lowest BCUT2D eigenvalue weighted by Gasteiger charge is -2.25. The average molecular weight is 478 g/mol. The molecule has 4 unspecified atom stereocenters. The van der Waals surface area contributed by atoms with Crippen LogP contribution in [0.4, 0.5) is 0 Å². The molecule has 0 saturated carbocycles. The third kappa shape index (κ3) is 11.9. The Balaban J connectivity index is 5.22. The normalized spacial score (nSPS) is 14.7. The molecule has 0 aromatic heterocycles. The Morgan fingerprint density at radius 1 is 0.875 bits per heavy atom. The van der Waals surface area contributed by atoms with Crippen molar-refractivity contribution >= 4 is 42.3 Å². The quantitative estimate of drug-likeness (QED) is 0.0950. The van der Waals surface area contributed by atoms with Crippen LogP contribution in [0.1, 0.15) is 46.0 Å². The monoisotopic (exact) mass is 477 g/mol. The molecule has 0 aliphatic carbocycles. The fourth-order valence-electron chi connectivity index (χ4n) is 2.75. The Morgan fingerprint density at radius 3 is 1.88 bits per heavy atom. The minimum atomic E-state index is -1.36. The topological polar surface area (TPSA) is 214 Å². The van der Waals surface area contributed by atoms with Gasteiger partial charge in [0.15, 0.2) is 0 Å². The summed E-state index contributed by atoms with van der Waals surface area (Å²) in [5.41, 5.74) is 10.9. The highest BCUT2D eigenvalue weighted by Crippen LogP contribution is 2.08. The van der Waals surface area contributed by atoms with Crippen LogP contribution >= 0.6 is 12.6 Å². The lowest BCUT2D eigenvalue weighted by atomic mass is 10.0. The van der Waals surface area contributed by atoms with Crippen molar-refractivity contribution in [3.63, 3.8) is 0 Å². The van der Waals surface area contributed by atoms with Crippen molar-refractivity contribution in [1.29, 1.82) is 0 Å². The predicted octanol–water partition coefficient (Wildman–Crippen LogP) is -1.57. The van der Waals surface area contributed by atoms with Gasteiger partial charge in [0.2, 0.25) is 17.7 Å². The highest BCUT2D eigenvalue weighted by Gasteiger charge is 2.30. The van der Waals surface area contributed by atoms with Gasteiger partial charge in [0, 0.05) is 5.75 Å². The maximum atomic E-state index is 12.7. The van der Waals surface area contributed by atoms with Gasteiger partial charge in [0.25, 0.3) is 0 Å². The standard InChI is InChI=1S/C19H35N5O7S/c1-10(2)7-13(17(28)22-12(19(30)31)5-3-4-6-20)23-18(29)14(9-32)24-16(27)11(21)8-15(25)26/h10-14,32H,3-9,20-21H2,1-2H3,(H,22,28)(H,23,29)(H,24,27)(H,25,26)(H,30,31). The van der Waals surface area contributed by atoms with Crippen LogP contribution in [0.2, 0.25) is 0 Å². The lowest BCUT2D eigenvalue weighted by molar-refractivity contribution is -0.142. The number of carboxylic acid groups (broad SMARTS) is 2. The minimum absolute atomic E-state index is 0.0143. The van der Waals surface area contributed by atoms with Gasteiger partial charge in [-0.3, -0.25) is 19.2 Å². The van der Waals surface area contributed by atoms with Crippen molar-refractivity contribution in [2.75, 3.05) is 12.3 Å². The molecule has 0 heterocycles. The van der Waals surface area contributed by atoms with Gasteiger partial charge in [0.05, 0.1) is 12.5 Å². The molecule has 12 nitrogen and oxygen atoms in total. The van der Waals surface area contributed by atoms with Crippen LogP contribution in [0.15, 0.2) is 0 Å². The molecule has 0 saturated heterocycles. The van der Waals surface area contributed by atoms with Crippen LogP contribution in [-0.4, -0.2) is 76.3 Å². The molecule has 0 fully saturated rings. The first-order valence-electron chi connectivity index (χ1n) is 10.3. The summed E-state index contributed by atoms with van der Waals surface area (Å²) in [5.74, 6) is -4.86. The first-order valence-corrected chi connectivity index (χ1v) is 11.0. The number of rotatable bonds is 16. The number of carbonyl (C=O) groups excluding carboxylic acids is 3. The molecule has 0 aliphatic rings. The first kappa shape index (κ1) is 29.6. The SMILES string of the molecule is CC(C)CC(NC(=O)C(CS)NC(=O)C(N)CC(=O)O)C(=O)NC(CCCCN)C(=O)O. The average Bonchev–Trinajstić information content (AvgIpc) is 2.69. The molecular formula is C19H35N5O7S. The Labute approximate surface area is 192 Å². The fourth-order valence-corrected chi connectivity index (χ4v) is 3.01. The second kappa shape index (κ2) is 15.4. The molecular weight excluding hydrogens is 442 g/mol. The van der Waals surface area contributed by atoms with E-state index >= 15 is 0 Å². The van der Waals surface area contributed by atoms with Crippen molar-refractivity contribution < 1.29 is 34.2 Å². The van der Waals surface area contributed by atoms with Crippen LogP contribution in [-0.2, 0) is 24.0 Å². The van der Waals surface area contributed by atoms with Crippen LogP contribution in [0.3, 0.4) is 0 Å². The third-order valence-corrected chi connectivity index (χ3v) is 4.81. The molecule has 9 N–H and O–H groups in total. The van der Waals surface area contributed by atoms with Crippen LogP contribution in [0, 0.1) is 5.92 Å². The van der Waals surface area contributed by atoms with Crippen LogP contribution in [0.5, 0.6) is 0 Å². The Kier molecular flexibility index (Phi) is 14.3. The number of nitrogens with one attached hydrogen (secondary N) is 3. The molecule has 0 aromatic carbocycles. The summed E-state index contributed by atoms with van der Waals surface area (Å²) < 4.78 is 0. The highest BCUT2D eigenvalue weighted by molar-refractivity contribution is 7.80. The number of unbranched alkanes of at least 4 members (excludes halogenated alkanes) is 1. The molecule has 184 valence electrons. The molecule has 0 rings (SSSR count). The summed E-state index contributed by atoms with van der Waals surface area (Å²) in [6.45, 7) is 4.05. The second-order valence-corrected chi connectivity index (χ2v) is 8.19. The van der Waals surface area contributed by atoms with Crippen LogP contribution in [0.25, 0.3) is 0 Å². The largest absolute Gasteiger partial charge is 0.481 e. The Morgan fingerprint density at radius 2 is 1.41 bits per heavy atom. The van der Waals surface area contributed by atoms with Gasteiger partial charge in [-0.05, 0) is 38.1 Å². The van der Waals surface area contributed by atoms with Crippen molar-refractivity contribution in [2.24, 2.45) is 17.4 Å². The first-order chi connectivity index (χ1) is 14.9. The van der Waals surface area contributed by atoms with Crippen molar-refractivity contribution in [2.45, 2.75) is 70.1 Å². The maximum Gasteiger partial charge on any atom is 0.326 e. The van der Waals surface area contributed by atoms with Crippen molar-refractivity contribution in [3.05, 3.63) is 0 Å². The summed E-state index contributed by atoms with van der Waals surface area (Å²) in [6, 6.07) is -4.71. The van der Waals surface area contributed by atoms with E-state index in [1.54, 1.807) is 0 Å². The van der Waals surface area contributed by atoms with Gasteiger partial charge >= 0.3 is 11.9 Å². The van der Waals surface area contributed by atoms with Crippen molar-refractivity contribution in [3.8, 4) is 0 Å². The summed E-state index contributed by atoms with van der Waals surface area (Å²) in [5, 5.41) is 25.4. The number of hydrogen-bond acceptors (Lipinski definition) is 8. The van der Waals surface area contributed by atoms with Gasteiger partial charge < -0.3 is 37.6 Å². The summed E-state index contributed by atoms with van der Waals surface area (Å²) in [7, 11) is 0. The zero-order valence-electron chi connectivity index (χ0n) is 18.4. The minimum Gasteiger partial charge on any atom is -0.481 e. The number of thiol groups is 1. The Hall–Kier alpha value is -2.38. The van der Waals surface area contributed by atoms with Gasteiger partial charge in [-0.1, -0.05) is 13.8 Å². The van der Waals surface area contributed by atoms with Crippen LogP contribution < -0.4 is 27.4 Å². The van der Waals surface area contributed by atoms with E-state index in [4.69, 9.17) is 16.6 Å². The smallest absolute Gasteiger partial charge is 0.326 e. The molecule has 0 aromatic rings. The molecule has 0 spiro atoms. The van der Waals surface area contributed by atoms with E-state index in [0.29, 0.717) is 19.4 Å². The van der Waals surface area contributed by atoms with Gasteiger partial charge in [-0.2, -0.15) is 12.6 Å². The third-order valence-electron chi connectivity index (χ3n) is 4.45. The molecule has 3 amide bonds. The van der Waals surface area contributed by atoms with E-state index in [0.717, 1.165) is 0 Å². The number of carbonyl (C=O) groups is 5. The van der Waals surface area contributed by atoms with Gasteiger partial charge in [-0.25, -0.2) is 4.79 Å². The Bertz CT molecular complexity index is 662. The molecule has 0 bridgehead atoms. The maximum absolute atomic E-state index is 12.7. The highest BCUT2D eigenvalue weighted by atomic mass is 32.1. The molecule has 32 heavy (non-hydrogen) atoms. The zero-order chi connectivity index (χ0) is 24.8. The number of nitrogens with two attached hydrogens (primary N) is 2. The summed E-state index contributed by atoms with van der Waals surface area (Å²) in [4.78, 5) is 59.6. The number of amides is 3. The molecule has 0 radical (unpaired) electrons. The molecule has 13 heteroatoms. The van der Waals surface area contributed by atoms with Gasteiger partial charge in [0.1, 0.15) is 18.1 Å². The lowest BCUT2D eigenvalue weighted by Crippen LogP contribution is -2.58. The number of aliphatic carboxylic acids is 2. The molecule has 0 aliphatic heterocycles.